The SMILES string of the molecule is COc1ccccc1C(=O)N1CCN(C(=O)c2cccc(Br)c2)CC1. The number of nitrogens with zero attached hydrogens (tertiary/aromatic N) is 2. The van der Waals surface area contributed by atoms with Crippen LogP contribution in [-0.2, 0) is 0 Å². The Morgan fingerprint density at radius 2 is 1.56 bits per heavy atom. The molecular weight excluding hydrogens is 384 g/mol. The number of carbonyl (C=O) groups excluding carboxylic acids is 2. The van der Waals surface area contributed by atoms with Crippen molar-refractivity contribution in [1.82, 2.24) is 9.80 Å². The fraction of sp³-hybridized carbons (Fsp3) is 0.263. The lowest BCUT2D eigenvalue weighted by Gasteiger charge is -2.35. The summed E-state index contributed by atoms with van der Waals surface area (Å²) in [6.07, 6.45) is 0. The molecular formula is C19H19BrN2O3. The van der Waals surface area contributed by atoms with E-state index in [2.05, 4.69) is 15.9 Å². The second kappa shape index (κ2) is 7.70. The van der Waals surface area contributed by atoms with Crippen molar-refractivity contribution in [2.45, 2.75) is 0 Å². The van der Waals surface area contributed by atoms with Crippen molar-refractivity contribution in [2.75, 3.05) is 33.3 Å². The van der Waals surface area contributed by atoms with Gasteiger partial charge in [-0.15, -0.1) is 0 Å². The molecule has 1 fully saturated rings. The Bertz CT molecular complexity index is 786. The predicted molar refractivity (Wildman–Crippen MR) is 98.9 cm³/mol. The van der Waals surface area contributed by atoms with Crippen molar-refractivity contribution in [3.8, 4) is 5.75 Å². The summed E-state index contributed by atoms with van der Waals surface area (Å²) in [5.41, 5.74) is 1.20. The maximum atomic E-state index is 12.7. The topological polar surface area (TPSA) is 49.9 Å². The summed E-state index contributed by atoms with van der Waals surface area (Å²) >= 11 is 3.39. The van der Waals surface area contributed by atoms with E-state index in [-0.39, 0.29) is 11.8 Å². The van der Waals surface area contributed by atoms with Gasteiger partial charge in [0, 0.05) is 36.2 Å². The van der Waals surface area contributed by atoms with E-state index in [1.54, 1.807) is 35.1 Å². The fourth-order valence-electron chi connectivity index (χ4n) is 2.91. The van der Waals surface area contributed by atoms with Gasteiger partial charge in [0.05, 0.1) is 12.7 Å². The number of benzene rings is 2. The minimum atomic E-state index is -0.0630. The lowest BCUT2D eigenvalue weighted by Crippen LogP contribution is -2.50. The molecule has 0 bridgehead atoms. The third-order valence-corrected chi connectivity index (χ3v) is 4.76. The standard InChI is InChI=1S/C19H19BrN2O3/c1-25-17-8-3-2-7-16(17)19(24)22-11-9-21(10-12-22)18(23)14-5-4-6-15(20)13-14/h2-8,13H,9-12H2,1H3. The smallest absolute Gasteiger partial charge is 0.257 e. The predicted octanol–water partition coefficient (Wildman–Crippen LogP) is 3.06. The fourth-order valence-corrected chi connectivity index (χ4v) is 3.31. The highest BCUT2D eigenvalue weighted by Crippen LogP contribution is 2.21. The molecule has 5 nitrogen and oxygen atoms in total. The maximum Gasteiger partial charge on any atom is 0.257 e. The Labute approximate surface area is 155 Å². The Morgan fingerprint density at radius 3 is 2.20 bits per heavy atom. The molecule has 6 heteroatoms. The number of halogens is 1. The quantitative estimate of drug-likeness (QED) is 0.792. The molecule has 2 aromatic carbocycles. The summed E-state index contributed by atoms with van der Waals surface area (Å²) in [6.45, 7) is 2.06. The van der Waals surface area contributed by atoms with Crippen molar-refractivity contribution in [1.29, 1.82) is 0 Å². The summed E-state index contributed by atoms with van der Waals surface area (Å²) in [5, 5.41) is 0. The molecule has 0 aromatic heterocycles. The van der Waals surface area contributed by atoms with Crippen LogP contribution in [0.25, 0.3) is 0 Å². The molecule has 0 saturated carbocycles. The molecule has 3 rings (SSSR count). The Kier molecular flexibility index (Phi) is 5.38. The highest BCUT2D eigenvalue weighted by molar-refractivity contribution is 9.10. The van der Waals surface area contributed by atoms with Crippen LogP contribution in [0.4, 0.5) is 0 Å². The maximum absolute atomic E-state index is 12.7. The van der Waals surface area contributed by atoms with E-state index in [1.807, 2.05) is 30.3 Å². The number of para-hydroxylation sites is 1. The van der Waals surface area contributed by atoms with Crippen LogP contribution in [0.15, 0.2) is 53.0 Å². The molecule has 0 atom stereocenters. The van der Waals surface area contributed by atoms with Crippen LogP contribution in [0.3, 0.4) is 0 Å². The third-order valence-electron chi connectivity index (χ3n) is 4.26. The van der Waals surface area contributed by atoms with Crippen molar-refractivity contribution in [2.24, 2.45) is 0 Å². The van der Waals surface area contributed by atoms with E-state index in [4.69, 9.17) is 4.74 Å². The first-order valence-electron chi connectivity index (χ1n) is 8.07. The summed E-state index contributed by atoms with van der Waals surface area (Å²) in [5.74, 6) is 0.498. The number of piperazine rings is 1. The van der Waals surface area contributed by atoms with Gasteiger partial charge in [-0.2, -0.15) is 0 Å². The molecule has 2 aromatic rings. The lowest BCUT2D eigenvalue weighted by molar-refractivity contribution is 0.0533. The zero-order valence-corrected chi connectivity index (χ0v) is 15.5. The van der Waals surface area contributed by atoms with Gasteiger partial charge >= 0.3 is 0 Å². The number of carbonyl (C=O) groups is 2. The van der Waals surface area contributed by atoms with Gasteiger partial charge in [0.15, 0.2) is 0 Å². The summed E-state index contributed by atoms with van der Waals surface area (Å²) in [6, 6.07) is 14.6. The monoisotopic (exact) mass is 402 g/mol. The van der Waals surface area contributed by atoms with E-state index in [1.165, 1.54) is 0 Å². The van der Waals surface area contributed by atoms with Crippen molar-refractivity contribution >= 4 is 27.7 Å². The number of hydrogen-bond donors (Lipinski definition) is 0. The largest absolute Gasteiger partial charge is 0.496 e. The molecule has 25 heavy (non-hydrogen) atoms. The van der Waals surface area contributed by atoms with Crippen LogP contribution in [0.5, 0.6) is 5.75 Å². The number of hydrogen-bond acceptors (Lipinski definition) is 3. The first-order valence-corrected chi connectivity index (χ1v) is 8.86. The van der Waals surface area contributed by atoms with Crippen LogP contribution >= 0.6 is 15.9 Å². The normalized spacial score (nSPS) is 14.3. The Morgan fingerprint density at radius 1 is 0.920 bits per heavy atom. The van der Waals surface area contributed by atoms with E-state index in [0.29, 0.717) is 43.1 Å². The molecule has 0 spiro atoms. The molecule has 2 amide bonds. The van der Waals surface area contributed by atoms with Crippen molar-refractivity contribution in [3.05, 3.63) is 64.1 Å². The average Bonchev–Trinajstić information content (AvgIpc) is 2.67. The summed E-state index contributed by atoms with van der Waals surface area (Å²) < 4.78 is 6.15. The molecule has 1 aliphatic heterocycles. The molecule has 0 unspecified atom stereocenters. The highest BCUT2D eigenvalue weighted by Gasteiger charge is 2.26. The first-order chi connectivity index (χ1) is 12.1. The second-order valence-electron chi connectivity index (χ2n) is 5.80. The third kappa shape index (κ3) is 3.85. The van der Waals surface area contributed by atoms with Gasteiger partial charge < -0.3 is 14.5 Å². The minimum Gasteiger partial charge on any atom is -0.496 e. The minimum absolute atomic E-state index is 0.00862. The van der Waals surface area contributed by atoms with Gasteiger partial charge in [-0.25, -0.2) is 0 Å². The van der Waals surface area contributed by atoms with Crippen LogP contribution < -0.4 is 4.74 Å². The molecule has 0 aliphatic carbocycles. The number of rotatable bonds is 3. The molecule has 1 heterocycles. The summed E-state index contributed by atoms with van der Waals surface area (Å²) in [4.78, 5) is 28.8. The number of ether oxygens (including phenoxy) is 1. The van der Waals surface area contributed by atoms with Gasteiger partial charge in [0.2, 0.25) is 0 Å². The van der Waals surface area contributed by atoms with Crippen LogP contribution in [0.2, 0.25) is 0 Å². The molecule has 0 N–H and O–H groups in total. The van der Waals surface area contributed by atoms with E-state index >= 15 is 0 Å². The van der Waals surface area contributed by atoms with Gasteiger partial charge in [-0.3, -0.25) is 9.59 Å². The van der Waals surface area contributed by atoms with Crippen molar-refractivity contribution < 1.29 is 14.3 Å². The average molecular weight is 403 g/mol. The van der Waals surface area contributed by atoms with Gasteiger partial charge in [0.25, 0.3) is 11.8 Å². The highest BCUT2D eigenvalue weighted by atomic mass is 79.9. The van der Waals surface area contributed by atoms with Gasteiger partial charge in [0.1, 0.15) is 5.75 Å². The van der Waals surface area contributed by atoms with E-state index in [9.17, 15) is 9.59 Å². The number of methoxy groups -OCH3 is 1. The Balaban J connectivity index is 1.65. The zero-order valence-electron chi connectivity index (χ0n) is 13.9. The van der Waals surface area contributed by atoms with Gasteiger partial charge in [-0.1, -0.05) is 34.1 Å². The Hall–Kier alpha value is -2.34. The van der Waals surface area contributed by atoms with Crippen LogP contribution in [0.1, 0.15) is 20.7 Å². The molecule has 0 radical (unpaired) electrons. The summed E-state index contributed by atoms with van der Waals surface area (Å²) in [7, 11) is 1.56. The lowest BCUT2D eigenvalue weighted by atomic mass is 10.1. The van der Waals surface area contributed by atoms with E-state index < -0.39 is 0 Å². The molecule has 130 valence electrons. The second-order valence-corrected chi connectivity index (χ2v) is 6.71. The zero-order chi connectivity index (χ0) is 17.8. The van der Waals surface area contributed by atoms with E-state index in [0.717, 1.165) is 4.47 Å². The van der Waals surface area contributed by atoms with Crippen LogP contribution in [0, 0.1) is 0 Å². The molecule has 1 aliphatic rings. The first kappa shape index (κ1) is 17.5. The van der Waals surface area contributed by atoms with Gasteiger partial charge in [-0.05, 0) is 30.3 Å². The number of amides is 2. The molecule has 1 saturated heterocycles. The van der Waals surface area contributed by atoms with Crippen molar-refractivity contribution in [3.63, 3.8) is 0 Å². The van der Waals surface area contributed by atoms with Crippen LogP contribution in [-0.4, -0.2) is 54.9 Å².